The van der Waals surface area contributed by atoms with Crippen molar-refractivity contribution in [1.29, 1.82) is 0 Å². The highest BCUT2D eigenvalue weighted by atomic mass is 35.5. The van der Waals surface area contributed by atoms with Gasteiger partial charge in [-0.15, -0.1) is 12.4 Å². The van der Waals surface area contributed by atoms with Gasteiger partial charge in [-0.3, -0.25) is 4.79 Å². The van der Waals surface area contributed by atoms with E-state index in [-0.39, 0.29) is 24.4 Å². The normalized spacial score (nSPS) is 15.7. The molecule has 1 amide bonds. The van der Waals surface area contributed by atoms with Crippen molar-refractivity contribution in [2.45, 2.75) is 57.5 Å². The van der Waals surface area contributed by atoms with Crippen LogP contribution in [0.25, 0.3) is 0 Å². The van der Waals surface area contributed by atoms with E-state index in [2.05, 4.69) is 26.0 Å². The third-order valence-corrected chi connectivity index (χ3v) is 5.37. The van der Waals surface area contributed by atoms with Gasteiger partial charge in [0.25, 0.3) is 0 Å². The van der Waals surface area contributed by atoms with Gasteiger partial charge in [0, 0.05) is 19.7 Å². The molecule has 4 nitrogen and oxygen atoms in total. The smallest absolute Gasteiger partial charge is 0.233 e. The van der Waals surface area contributed by atoms with E-state index in [1.54, 1.807) is 0 Å². The minimum Gasteiger partial charge on any atom is -0.378 e. The Bertz CT molecular complexity index is 498. The van der Waals surface area contributed by atoms with Crippen molar-refractivity contribution in [2.24, 2.45) is 5.73 Å². The van der Waals surface area contributed by atoms with E-state index in [1.165, 1.54) is 0 Å². The minimum absolute atomic E-state index is 0. The number of halogens is 1. The summed E-state index contributed by atoms with van der Waals surface area (Å²) in [5.41, 5.74) is 6.25. The van der Waals surface area contributed by atoms with E-state index in [9.17, 15) is 4.79 Å². The maximum atomic E-state index is 13.3. The number of ether oxygens (including phenoxy) is 1. The van der Waals surface area contributed by atoms with Gasteiger partial charge < -0.3 is 15.4 Å². The molecule has 25 heavy (non-hydrogen) atoms. The van der Waals surface area contributed by atoms with Crippen LogP contribution < -0.4 is 5.73 Å². The Hall–Kier alpha value is -1.10. The monoisotopic (exact) mass is 368 g/mol. The summed E-state index contributed by atoms with van der Waals surface area (Å²) >= 11 is 0. The number of nitrogens with two attached hydrogens (primary N) is 1. The molecule has 0 aromatic heterocycles. The fourth-order valence-electron chi connectivity index (χ4n) is 3.70. The number of benzene rings is 1. The first-order valence-electron chi connectivity index (χ1n) is 9.34. The lowest BCUT2D eigenvalue weighted by Gasteiger charge is -2.40. The number of hydrogen-bond donors (Lipinski definition) is 1. The van der Waals surface area contributed by atoms with Gasteiger partial charge in [0.05, 0.1) is 11.5 Å². The van der Waals surface area contributed by atoms with E-state index >= 15 is 0 Å². The summed E-state index contributed by atoms with van der Waals surface area (Å²) in [7, 11) is 0. The molecule has 2 rings (SSSR count). The van der Waals surface area contributed by atoms with Gasteiger partial charge in [-0.25, -0.2) is 0 Å². The quantitative estimate of drug-likeness (QED) is 0.714. The average molecular weight is 369 g/mol. The van der Waals surface area contributed by atoms with E-state index in [0.717, 1.165) is 57.4 Å². The zero-order valence-corrected chi connectivity index (χ0v) is 16.4. The molecule has 1 aromatic rings. The second-order valence-electron chi connectivity index (χ2n) is 6.66. The summed E-state index contributed by atoms with van der Waals surface area (Å²) in [4.78, 5) is 15.4. The number of likely N-dealkylation sites (tertiary alicyclic amines) is 1. The predicted octanol–water partition coefficient (Wildman–Crippen LogP) is 3.52. The fraction of sp³-hybridized carbons (Fsp3) is 0.650. The summed E-state index contributed by atoms with van der Waals surface area (Å²) in [6, 6.07) is 10.2. The maximum Gasteiger partial charge on any atom is 0.233 e. The van der Waals surface area contributed by atoms with Crippen LogP contribution in [0.15, 0.2) is 30.3 Å². The Morgan fingerprint density at radius 2 is 1.80 bits per heavy atom. The molecule has 0 aliphatic carbocycles. The van der Waals surface area contributed by atoms with Crippen molar-refractivity contribution >= 4 is 18.3 Å². The van der Waals surface area contributed by atoms with Gasteiger partial charge in [0.15, 0.2) is 0 Å². The molecule has 5 heteroatoms. The maximum absolute atomic E-state index is 13.3. The van der Waals surface area contributed by atoms with Crippen LogP contribution in [-0.2, 0) is 14.9 Å². The molecule has 142 valence electrons. The third kappa shape index (κ3) is 5.19. The zero-order valence-electron chi connectivity index (χ0n) is 15.6. The number of nitrogens with zero attached hydrogens (tertiary/aromatic N) is 1. The van der Waals surface area contributed by atoms with Crippen LogP contribution in [0.2, 0.25) is 0 Å². The van der Waals surface area contributed by atoms with Gasteiger partial charge in [-0.1, -0.05) is 44.2 Å². The van der Waals surface area contributed by atoms with Gasteiger partial charge in [0.1, 0.15) is 0 Å². The lowest BCUT2D eigenvalue weighted by molar-refractivity contribution is -0.140. The van der Waals surface area contributed by atoms with Crippen LogP contribution in [0.3, 0.4) is 0 Å². The number of hydrogen-bond acceptors (Lipinski definition) is 3. The molecule has 1 fully saturated rings. The van der Waals surface area contributed by atoms with Crippen molar-refractivity contribution in [3.8, 4) is 0 Å². The van der Waals surface area contributed by atoms with Crippen LogP contribution in [0.4, 0.5) is 0 Å². The Morgan fingerprint density at radius 1 is 1.20 bits per heavy atom. The molecule has 1 heterocycles. The lowest BCUT2D eigenvalue weighted by atomic mass is 9.74. The third-order valence-electron chi connectivity index (χ3n) is 5.37. The summed E-state index contributed by atoms with van der Waals surface area (Å²) in [6.45, 7) is 7.23. The van der Waals surface area contributed by atoms with Crippen molar-refractivity contribution in [3.05, 3.63) is 35.9 Å². The van der Waals surface area contributed by atoms with Crippen molar-refractivity contribution < 1.29 is 9.53 Å². The van der Waals surface area contributed by atoms with Crippen LogP contribution in [-0.4, -0.2) is 43.2 Å². The molecule has 1 aromatic carbocycles. The first kappa shape index (κ1) is 21.9. The Labute approximate surface area is 158 Å². The highest BCUT2D eigenvalue weighted by Gasteiger charge is 2.40. The van der Waals surface area contributed by atoms with Gasteiger partial charge in [-0.2, -0.15) is 0 Å². The second kappa shape index (κ2) is 10.8. The Morgan fingerprint density at radius 3 is 2.32 bits per heavy atom. The van der Waals surface area contributed by atoms with Crippen LogP contribution in [0.5, 0.6) is 0 Å². The highest BCUT2D eigenvalue weighted by molar-refractivity contribution is 5.88. The average Bonchev–Trinajstić information content (AvgIpc) is 2.65. The Balaban J connectivity index is 0.00000312. The summed E-state index contributed by atoms with van der Waals surface area (Å²) < 4.78 is 5.86. The topological polar surface area (TPSA) is 55.6 Å². The molecular weight excluding hydrogens is 336 g/mol. The zero-order chi connectivity index (χ0) is 17.4. The summed E-state index contributed by atoms with van der Waals surface area (Å²) in [6.07, 6.45) is 4.69. The number of piperidine rings is 1. The number of amides is 1. The van der Waals surface area contributed by atoms with Crippen molar-refractivity contribution in [3.63, 3.8) is 0 Å². The molecule has 0 atom stereocenters. The van der Waals surface area contributed by atoms with Crippen molar-refractivity contribution in [2.75, 3.05) is 26.2 Å². The number of rotatable bonds is 8. The van der Waals surface area contributed by atoms with Crippen LogP contribution in [0.1, 0.15) is 51.5 Å². The molecule has 0 bridgehead atoms. The molecule has 2 N–H and O–H groups in total. The summed E-state index contributed by atoms with van der Waals surface area (Å²) in [5.74, 6) is 0.277. The molecule has 0 spiro atoms. The second-order valence-corrected chi connectivity index (χ2v) is 6.66. The minimum atomic E-state index is -0.394. The molecule has 1 aliphatic rings. The molecule has 0 unspecified atom stereocenters. The van der Waals surface area contributed by atoms with Crippen LogP contribution >= 0.6 is 12.4 Å². The number of carbonyl (C=O) groups is 1. The van der Waals surface area contributed by atoms with Gasteiger partial charge in [0.2, 0.25) is 5.91 Å². The molecule has 1 saturated heterocycles. The lowest BCUT2D eigenvalue weighted by Crippen LogP contribution is -2.50. The summed E-state index contributed by atoms with van der Waals surface area (Å²) in [5, 5.41) is 0. The Kier molecular flexibility index (Phi) is 9.47. The molecule has 0 radical (unpaired) electrons. The first-order valence-corrected chi connectivity index (χ1v) is 9.34. The first-order chi connectivity index (χ1) is 11.7. The van der Waals surface area contributed by atoms with E-state index < -0.39 is 5.41 Å². The van der Waals surface area contributed by atoms with E-state index in [4.69, 9.17) is 10.5 Å². The molecular formula is C20H33ClN2O2. The van der Waals surface area contributed by atoms with Crippen molar-refractivity contribution in [1.82, 2.24) is 4.90 Å². The van der Waals surface area contributed by atoms with E-state index in [1.807, 2.05) is 23.1 Å². The SMILES string of the molecule is CCC(CC)(C(=O)N1CCC(OCCCN)CC1)c1ccccc1.Cl. The number of carbonyl (C=O) groups excluding carboxylic acids is 1. The molecule has 0 saturated carbocycles. The van der Waals surface area contributed by atoms with Gasteiger partial charge in [-0.05, 0) is 44.2 Å². The molecule has 1 aliphatic heterocycles. The van der Waals surface area contributed by atoms with Crippen LogP contribution in [0, 0.1) is 0 Å². The van der Waals surface area contributed by atoms with Gasteiger partial charge >= 0.3 is 0 Å². The highest BCUT2D eigenvalue weighted by Crippen LogP contribution is 2.34. The standard InChI is InChI=1S/C20H32N2O2.ClH/c1-3-20(4-2,17-9-6-5-7-10-17)19(23)22-14-11-18(12-15-22)24-16-8-13-21;/h5-7,9-10,18H,3-4,8,11-16,21H2,1-2H3;1H. The largest absolute Gasteiger partial charge is 0.378 e. The van der Waals surface area contributed by atoms with E-state index in [0.29, 0.717) is 6.54 Å². The predicted molar refractivity (Wildman–Crippen MR) is 105 cm³/mol. The fourth-order valence-corrected chi connectivity index (χ4v) is 3.70.